The number of thioether (sulfide) groups is 1. The Balaban J connectivity index is 1.94. The molecule has 0 amide bonds. The number of hydrogen-bond acceptors (Lipinski definition) is 5. The SMILES string of the molecule is COc1c(C)cnc(CSc2nnc3c(Cl)cc(C(F)(F)F)cn23)c1C. The number of ether oxygens (including phenoxy) is 1. The molecule has 0 unspecified atom stereocenters. The highest BCUT2D eigenvalue weighted by Crippen LogP contribution is 2.34. The second-order valence-corrected chi connectivity index (χ2v) is 6.94. The normalized spacial score (nSPS) is 12.0. The molecule has 0 fully saturated rings. The van der Waals surface area contributed by atoms with E-state index in [9.17, 15) is 13.2 Å². The van der Waals surface area contributed by atoms with Crippen molar-refractivity contribution < 1.29 is 17.9 Å². The molecule has 3 rings (SSSR count). The molecule has 0 aliphatic carbocycles. The molecule has 0 N–H and O–H groups in total. The van der Waals surface area contributed by atoms with E-state index >= 15 is 0 Å². The van der Waals surface area contributed by atoms with Gasteiger partial charge in [0.25, 0.3) is 0 Å². The first kappa shape index (κ1) is 18.8. The number of nitrogens with zero attached hydrogens (tertiary/aromatic N) is 4. The van der Waals surface area contributed by atoms with Crippen LogP contribution in [0, 0.1) is 13.8 Å². The molecular weight excluding hydrogens is 389 g/mol. The largest absolute Gasteiger partial charge is 0.496 e. The molecule has 0 aromatic carbocycles. The highest BCUT2D eigenvalue weighted by molar-refractivity contribution is 7.98. The minimum atomic E-state index is -4.51. The molecule has 10 heteroatoms. The Morgan fingerprint density at radius 1 is 1.27 bits per heavy atom. The van der Waals surface area contributed by atoms with Gasteiger partial charge in [-0.2, -0.15) is 13.2 Å². The standard InChI is InChI=1S/C16H14ClF3N4OS/c1-8-5-21-12(9(2)13(8)25-3)7-26-15-23-22-14-11(17)4-10(6-24(14)15)16(18,19)20/h4-6H,7H2,1-3H3. The van der Waals surface area contributed by atoms with E-state index in [1.807, 2.05) is 13.8 Å². The van der Waals surface area contributed by atoms with Crippen molar-refractivity contribution in [3.05, 3.63) is 45.9 Å². The van der Waals surface area contributed by atoms with Crippen LogP contribution in [0.5, 0.6) is 5.75 Å². The molecule has 0 saturated heterocycles. The molecule has 0 radical (unpaired) electrons. The fraction of sp³-hybridized carbons (Fsp3) is 0.312. The van der Waals surface area contributed by atoms with Gasteiger partial charge in [0.1, 0.15) is 5.75 Å². The first-order valence-electron chi connectivity index (χ1n) is 7.45. The molecule has 0 saturated carbocycles. The Morgan fingerprint density at radius 3 is 2.65 bits per heavy atom. The van der Waals surface area contributed by atoms with Crippen molar-refractivity contribution in [1.29, 1.82) is 0 Å². The summed E-state index contributed by atoms with van der Waals surface area (Å²) in [6.45, 7) is 3.78. The Hall–Kier alpha value is -2.00. The van der Waals surface area contributed by atoms with Crippen LogP contribution in [0.4, 0.5) is 13.2 Å². The monoisotopic (exact) mass is 402 g/mol. The Bertz CT molecular complexity index is 974. The number of halogens is 4. The third kappa shape index (κ3) is 3.45. The molecule has 3 aromatic heterocycles. The zero-order valence-corrected chi connectivity index (χ0v) is 15.6. The van der Waals surface area contributed by atoms with Crippen molar-refractivity contribution in [2.75, 3.05) is 7.11 Å². The molecule has 3 heterocycles. The summed E-state index contributed by atoms with van der Waals surface area (Å²) in [6.07, 6.45) is -1.87. The zero-order chi connectivity index (χ0) is 19.1. The number of hydrogen-bond donors (Lipinski definition) is 0. The van der Waals surface area contributed by atoms with Crippen LogP contribution in [-0.2, 0) is 11.9 Å². The molecule has 0 atom stereocenters. The second-order valence-electron chi connectivity index (χ2n) is 5.59. The number of rotatable bonds is 4. The van der Waals surface area contributed by atoms with Crippen molar-refractivity contribution >= 4 is 29.0 Å². The molecule has 26 heavy (non-hydrogen) atoms. The number of aromatic nitrogens is 4. The van der Waals surface area contributed by atoms with Gasteiger partial charge in [0, 0.05) is 29.3 Å². The quantitative estimate of drug-likeness (QED) is 0.591. The summed E-state index contributed by atoms with van der Waals surface area (Å²) in [5.74, 6) is 1.14. The van der Waals surface area contributed by atoms with Gasteiger partial charge in [-0.3, -0.25) is 9.38 Å². The third-order valence-electron chi connectivity index (χ3n) is 3.84. The second kappa shape index (κ2) is 6.96. The van der Waals surface area contributed by atoms with E-state index in [1.165, 1.54) is 16.2 Å². The van der Waals surface area contributed by atoms with Gasteiger partial charge in [0.05, 0.1) is 23.4 Å². The number of aryl methyl sites for hydroxylation is 1. The Labute approximate surface area is 156 Å². The number of fused-ring (bicyclic) bond motifs is 1. The van der Waals surface area contributed by atoms with Crippen molar-refractivity contribution in [1.82, 2.24) is 19.6 Å². The Kier molecular flexibility index (Phi) is 5.03. The first-order chi connectivity index (χ1) is 12.2. The van der Waals surface area contributed by atoms with Gasteiger partial charge in [-0.25, -0.2) is 0 Å². The lowest BCUT2D eigenvalue weighted by molar-refractivity contribution is -0.137. The summed E-state index contributed by atoms with van der Waals surface area (Å²) in [5, 5.41) is 8.01. The summed E-state index contributed by atoms with van der Waals surface area (Å²) in [7, 11) is 1.58. The first-order valence-corrected chi connectivity index (χ1v) is 8.82. The maximum atomic E-state index is 13.0. The predicted octanol–water partition coefficient (Wildman–Crippen LogP) is 4.71. The lowest BCUT2D eigenvalue weighted by Gasteiger charge is -2.12. The predicted molar refractivity (Wildman–Crippen MR) is 92.8 cm³/mol. The average Bonchev–Trinajstić information content (AvgIpc) is 2.97. The lowest BCUT2D eigenvalue weighted by Crippen LogP contribution is -2.07. The Morgan fingerprint density at radius 2 is 2.00 bits per heavy atom. The molecule has 3 aromatic rings. The molecule has 138 valence electrons. The maximum Gasteiger partial charge on any atom is 0.417 e. The summed E-state index contributed by atoms with van der Waals surface area (Å²) in [6, 6.07) is 0.844. The number of methoxy groups -OCH3 is 1. The lowest BCUT2D eigenvalue weighted by atomic mass is 10.1. The van der Waals surface area contributed by atoms with Gasteiger partial charge < -0.3 is 4.74 Å². The van der Waals surface area contributed by atoms with Crippen molar-refractivity contribution in [2.24, 2.45) is 0 Å². The number of alkyl halides is 3. The molecule has 0 aliphatic heterocycles. The van der Waals surface area contributed by atoms with Gasteiger partial charge in [-0.15, -0.1) is 10.2 Å². The highest BCUT2D eigenvalue weighted by atomic mass is 35.5. The minimum absolute atomic E-state index is 0.106. The van der Waals surface area contributed by atoms with Gasteiger partial charge in [-0.05, 0) is 19.9 Å². The van der Waals surface area contributed by atoms with E-state index in [2.05, 4.69) is 15.2 Å². The van der Waals surface area contributed by atoms with E-state index in [0.29, 0.717) is 10.9 Å². The van der Waals surface area contributed by atoms with Crippen LogP contribution in [0.3, 0.4) is 0 Å². The van der Waals surface area contributed by atoms with Crippen LogP contribution in [0.1, 0.15) is 22.4 Å². The fourth-order valence-corrected chi connectivity index (χ4v) is 3.72. The zero-order valence-electron chi connectivity index (χ0n) is 14.1. The fourth-order valence-electron chi connectivity index (χ4n) is 2.54. The van der Waals surface area contributed by atoms with Gasteiger partial charge in [0.15, 0.2) is 10.8 Å². The molecule has 0 spiro atoms. The highest BCUT2D eigenvalue weighted by Gasteiger charge is 2.32. The summed E-state index contributed by atoms with van der Waals surface area (Å²) >= 11 is 7.14. The van der Waals surface area contributed by atoms with Gasteiger partial charge >= 0.3 is 6.18 Å². The van der Waals surface area contributed by atoms with Gasteiger partial charge in [-0.1, -0.05) is 23.4 Å². The van der Waals surface area contributed by atoms with Crippen molar-refractivity contribution in [3.63, 3.8) is 0 Å². The molecule has 5 nitrogen and oxygen atoms in total. The van der Waals surface area contributed by atoms with Crippen LogP contribution in [0.25, 0.3) is 5.65 Å². The molecule has 0 bridgehead atoms. The minimum Gasteiger partial charge on any atom is -0.496 e. The van der Waals surface area contributed by atoms with Crippen LogP contribution < -0.4 is 4.74 Å². The topological polar surface area (TPSA) is 52.3 Å². The number of pyridine rings is 2. The van der Waals surface area contributed by atoms with Crippen LogP contribution >= 0.6 is 23.4 Å². The van der Waals surface area contributed by atoms with Crippen LogP contribution in [0.15, 0.2) is 23.6 Å². The van der Waals surface area contributed by atoms with Crippen LogP contribution in [0.2, 0.25) is 5.02 Å². The summed E-state index contributed by atoms with van der Waals surface area (Å²) in [4.78, 5) is 4.38. The van der Waals surface area contributed by atoms with E-state index < -0.39 is 11.7 Å². The smallest absolute Gasteiger partial charge is 0.417 e. The van der Waals surface area contributed by atoms with Crippen molar-refractivity contribution in [2.45, 2.75) is 30.9 Å². The summed E-state index contributed by atoms with van der Waals surface area (Å²) < 4.78 is 45.7. The van der Waals surface area contributed by atoms with Crippen molar-refractivity contribution in [3.8, 4) is 5.75 Å². The molecule has 0 aliphatic rings. The maximum absolute atomic E-state index is 13.0. The average molecular weight is 403 g/mol. The van der Waals surface area contributed by atoms with E-state index in [1.54, 1.807) is 13.3 Å². The van der Waals surface area contributed by atoms with E-state index in [0.717, 1.165) is 34.8 Å². The van der Waals surface area contributed by atoms with E-state index in [-0.39, 0.29) is 10.7 Å². The molecular formula is C16H14ClF3N4OS. The van der Waals surface area contributed by atoms with E-state index in [4.69, 9.17) is 16.3 Å². The third-order valence-corrected chi connectivity index (χ3v) is 5.08. The van der Waals surface area contributed by atoms with Gasteiger partial charge in [0.2, 0.25) is 0 Å². The summed E-state index contributed by atoms with van der Waals surface area (Å²) in [5.41, 5.74) is 1.86. The van der Waals surface area contributed by atoms with Crippen LogP contribution in [-0.4, -0.2) is 26.7 Å².